The first-order valence-electron chi connectivity index (χ1n) is 14.7. The zero-order chi connectivity index (χ0) is 31.9. The summed E-state index contributed by atoms with van der Waals surface area (Å²) >= 11 is 6.93. The van der Waals surface area contributed by atoms with Gasteiger partial charge in [-0.1, -0.05) is 64.1 Å². The van der Waals surface area contributed by atoms with Crippen molar-refractivity contribution in [2.45, 2.75) is 65.5 Å². The molecule has 226 valence electrons. The zero-order valence-electron chi connectivity index (χ0n) is 25.7. The van der Waals surface area contributed by atoms with Crippen LogP contribution >= 0.6 is 11.6 Å². The van der Waals surface area contributed by atoms with E-state index in [0.29, 0.717) is 68.9 Å². The van der Waals surface area contributed by atoms with Crippen molar-refractivity contribution in [3.63, 3.8) is 0 Å². The molecule has 4 heterocycles. The van der Waals surface area contributed by atoms with Crippen molar-refractivity contribution in [1.82, 2.24) is 29.4 Å². The highest BCUT2D eigenvalue weighted by molar-refractivity contribution is 6.34. The number of nitrogens with zero attached hydrogens (tertiary/aromatic N) is 8. The first-order valence-corrected chi connectivity index (χ1v) is 15.0. The summed E-state index contributed by atoms with van der Waals surface area (Å²) in [6.07, 6.45) is 2.84. The van der Waals surface area contributed by atoms with Crippen molar-refractivity contribution in [2.75, 3.05) is 18.0 Å². The summed E-state index contributed by atoms with van der Waals surface area (Å²) in [6.45, 7) is 16.5. The standard InChI is InChI=1S/C33H35ClN8O2/c1-8-26(43)40-15-21(7)41(16-20(40)6)31-24-13-25(34)29(23-12-10-9-11-22(23)14-35)38-32(24)42(33(44)39-31)30-27(18(2)3)36-17-37-28(30)19(4)5/h8-13,17-21H,1,15-16H2,2-7H3. The maximum Gasteiger partial charge on any atom is 0.355 e. The number of amides is 1. The number of halogens is 1. The summed E-state index contributed by atoms with van der Waals surface area (Å²) in [4.78, 5) is 49.5. The molecule has 11 heteroatoms. The van der Waals surface area contributed by atoms with Gasteiger partial charge in [-0.05, 0) is 43.9 Å². The third-order valence-corrected chi connectivity index (χ3v) is 8.30. The molecule has 2 atom stereocenters. The topological polar surface area (TPSA) is 121 Å². The number of pyridine rings is 1. The van der Waals surface area contributed by atoms with E-state index in [9.17, 15) is 14.9 Å². The van der Waals surface area contributed by atoms with Crippen molar-refractivity contribution >= 4 is 34.4 Å². The average Bonchev–Trinajstić information content (AvgIpc) is 3.00. The molecule has 1 aliphatic rings. The lowest BCUT2D eigenvalue weighted by atomic mass is 10.0. The smallest absolute Gasteiger partial charge is 0.349 e. The largest absolute Gasteiger partial charge is 0.355 e. The summed E-state index contributed by atoms with van der Waals surface area (Å²) in [5.41, 5.74) is 3.05. The zero-order valence-corrected chi connectivity index (χ0v) is 26.5. The van der Waals surface area contributed by atoms with Crippen molar-refractivity contribution in [3.8, 4) is 23.0 Å². The highest BCUT2D eigenvalue weighted by atomic mass is 35.5. The molecule has 10 nitrogen and oxygen atoms in total. The summed E-state index contributed by atoms with van der Waals surface area (Å²) < 4.78 is 1.49. The number of rotatable bonds is 6. The van der Waals surface area contributed by atoms with Gasteiger partial charge >= 0.3 is 5.69 Å². The highest BCUT2D eigenvalue weighted by Crippen LogP contribution is 2.37. The highest BCUT2D eigenvalue weighted by Gasteiger charge is 2.34. The van der Waals surface area contributed by atoms with E-state index >= 15 is 0 Å². The number of carbonyl (C=O) groups excluding carboxylic acids is 1. The number of hydrogen-bond donors (Lipinski definition) is 0. The fourth-order valence-electron chi connectivity index (χ4n) is 5.83. The Morgan fingerprint density at radius 1 is 1.07 bits per heavy atom. The third-order valence-electron chi connectivity index (χ3n) is 8.02. The van der Waals surface area contributed by atoms with Crippen LogP contribution in [0.2, 0.25) is 5.02 Å². The molecule has 1 saturated heterocycles. The maximum absolute atomic E-state index is 14.3. The molecule has 0 radical (unpaired) electrons. The lowest BCUT2D eigenvalue weighted by Crippen LogP contribution is -2.58. The fourth-order valence-corrected chi connectivity index (χ4v) is 6.08. The molecule has 0 aliphatic carbocycles. The minimum absolute atomic E-state index is 0.0328. The number of carbonyl (C=O) groups is 1. The van der Waals surface area contributed by atoms with Crippen molar-refractivity contribution in [1.29, 1.82) is 5.26 Å². The molecule has 4 aromatic rings. The van der Waals surface area contributed by atoms with Crippen LogP contribution in [-0.4, -0.2) is 60.5 Å². The second kappa shape index (κ2) is 12.2. The van der Waals surface area contributed by atoms with Crippen molar-refractivity contribution in [2.24, 2.45) is 0 Å². The van der Waals surface area contributed by atoms with Crippen LogP contribution in [0.15, 0.2) is 54.1 Å². The van der Waals surface area contributed by atoms with Gasteiger partial charge in [-0.2, -0.15) is 10.2 Å². The van der Waals surface area contributed by atoms with E-state index in [0.717, 1.165) is 0 Å². The number of fused-ring (bicyclic) bond motifs is 1. The first-order chi connectivity index (χ1) is 21.0. The molecule has 2 unspecified atom stereocenters. The van der Waals surface area contributed by atoms with Crippen molar-refractivity contribution < 1.29 is 4.79 Å². The van der Waals surface area contributed by atoms with Crippen LogP contribution in [-0.2, 0) is 4.79 Å². The number of aromatic nitrogens is 5. The number of nitriles is 1. The van der Waals surface area contributed by atoms with Crippen LogP contribution in [0.3, 0.4) is 0 Å². The van der Waals surface area contributed by atoms with E-state index in [1.54, 1.807) is 29.2 Å². The summed E-state index contributed by atoms with van der Waals surface area (Å²) in [5.74, 6) is 0.216. The second-order valence-corrected chi connectivity index (χ2v) is 12.2. The number of piperazine rings is 1. The Morgan fingerprint density at radius 2 is 1.73 bits per heavy atom. The van der Waals surface area contributed by atoms with Crippen LogP contribution < -0.4 is 10.6 Å². The lowest BCUT2D eigenvalue weighted by Gasteiger charge is -2.44. The van der Waals surface area contributed by atoms with E-state index in [1.165, 1.54) is 17.0 Å². The van der Waals surface area contributed by atoms with Gasteiger partial charge in [0.1, 0.15) is 12.1 Å². The number of hydrogen-bond acceptors (Lipinski definition) is 8. The Kier molecular flexibility index (Phi) is 8.53. The summed E-state index contributed by atoms with van der Waals surface area (Å²) in [6, 6.07) is 10.7. The molecule has 5 rings (SSSR count). The van der Waals surface area contributed by atoms with Gasteiger partial charge in [-0.25, -0.2) is 24.3 Å². The SMILES string of the molecule is C=CC(=O)N1CC(C)N(c2nc(=O)n(-c3c(C(C)C)ncnc3C(C)C)c3nc(-c4ccccc4C#N)c(Cl)cc23)CC1C. The maximum atomic E-state index is 14.3. The first kappa shape index (κ1) is 30.8. The van der Waals surface area contributed by atoms with Gasteiger partial charge in [-0.15, -0.1) is 0 Å². The molecule has 0 N–H and O–H groups in total. The fraction of sp³-hybridized carbons (Fsp3) is 0.364. The summed E-state index contributed by atoms with van der Waals surface area (Å²) in [7, 11) is 0. The molecular formula is C33H35ClN8O2. The monoisotopic (exact) mass is 610 g/mol. The van der Waals surface area contributed by atoms with Crippen LogP contribution in [0.5, 0.6) is 0 Å². The molecule has 1 aromatic carbocycles. The molecule has 0 bridgehead atoms. The minimum atomic E-state index is -0.537. The lowest BCUT2D eigenvalue weighted by molar-refractivity contribution is -0.128. The molecule has 1 fully saturated rings. The van der Waals surface area contributed by atoms with Crippen LogP contribution in [0.1, 0.15) is 70.3 Å². The minimum Gasteiger partial charge on any atom is -0.349 e. The molecule has 44 heavy (non-hydrogen) atoms. The van der Waals surface area contributed by atoms with Gasteiger partial charge in [0.2, 0.25) is 5.91 Å². The van der Waals surface area contributed by atoms with Gasteiger partial charge < -0.3 is 9.80 Å². The van der Waals surface area contributed by atoms with Gasteiger partial charge in [0.25, 0.3) is 0 Å². The Labute approximate surface area is 261 Å². The Balaban J connectivity index is 1.87. The molecule has 0 spiro atoms. The molecular weight excluding hydrogens is 576 g/mol. The van der Waals surface area contributed by atoms with Crippen LogP contribution in [0.25, 0.3) is 28.0 Å². The second-order valence-electron chi connectivity index (χ2n) is 11.7. The van der Waals surface area contributed by atoms with E-state index < -0.39 is 5.69 Å². The summed E-state index contributed by atoms with van der Waals surface area (Å²) in [5, 5.41) is 10.7. The predicted octanol–water partition coefficient (Wildman–Crippen LogP) is 5.62. The molecule has 3 aromatic heterocycles. The number of benzene rings is 1. The van der Waals surface area contributed by atoms with Crippen LogP contribution in [0.4, 0.5) is 5.82 Å². The van der Waals surface area contributed by atoms with Gasteiger partial charge in [0, 0.05) is 30.7 Å². The Hall–Kier alpha value is -4.62. The number of anilines is 1. The van der Waals surface area contributed by atoms with Crippen LogP contribution in [0, 0.1) is 11.3 Å². The van der Waals surface area contributed by atoms with E-state index in [-0.39, 0.29) is 29.8 Å². The Morgan fingerprint density at radius 3 is 2.34 bits per heavy atom. The van der Waals surface area contributed by atoms with E-state index in [2.05, 4.69) is 27.6 Å². The predicted molar refractivity (Wildman–Crippen MR) is 172 cm³/mol. The molecule has 1 aliphatic heterocycles. The van der Waals surface area contributed by atoms with Gasteiger partial charge in [0.15, 0.2) is 5.65 Å². The molecule has 0 saturated carbocycles. The van der Waals surface area contributed by atoms with E-state index in [4.69, 9.17) is 16.6 Å². The van der Waals surface area contributed by atoms with Crippen molar-refractivity contribution in [3.05, 3.63) is 81.8 Å². The van der Waals surface area contributed by atoms with Gasteiger partial charge in [0.05, 0.1) is 44.8 Å². The van der Waals surface area contributed by atoms with Gasteiger partial charge in [-0.3, -0.25) is 4.79 Å². The third kappa shape index (κ3) is 5.33. The average molecular weight is 611 g/mol. The normalized spacial score (nSPS) is 16.9. The molecule has 1 amide bonds. The Bertz CT molecular complexity index is 1850. The quantitative estimate of drug-likeness (QED) is 0.258. The van der Waals surface area contributed by atoms with E-state index in [1.807, 2.05) is 52.5 Å².